The zero-order valence-corrected chi connectivity index (χ0v) is 36.4. The molecule has 0 aromatic heterocycles. The molecule has 15 nitrogen and oxygen atoms in total. The molecular formula is C46H65N5O10. The van der Waals surface area contributed by atoms with Crippen LogP contribution in [0.25, 0.3) is 0 Å². The van der Waals surface area contributed by atoms with E-state index in [1.165, 1.54) is 4.90 Å². The standard InChI is InChI=1S/C46H65N5O10/c1-6-15-35(41(54)43(56)47-27-38(53)50-40(45(58)61-46(3,4)5)34-21-11-10-16-29(34)2)48-42(55)36-26-33-28-51(36)44(57)39(31-18-8-7-9-19-31)49-37(52)25-30-17-14-20-32(24-30)59-22-12-13-23-60-33/h10-11,14,16-17,20-21,24,29,31,33-36,39-40H,6-9,12-13,15,18-19,22-23,25-28H2,1-5H3,(H,47,56)(H,48,55)(H,49,52)(H,50,53)/t29?,33-,34?,35?,36+,39+,40+/m1/s1. The Kier molecular flexibility index (Phi) is 17.1. The zero-order chi connectivity index (χ0) is 44.1. The number of fused-ring (bicyclic) bond motifs is 4. The Hall–Kier alpha value is -5.05. The molecule has 4 bridgehead atoms. The van der Waals surface area contributed by atoms with Crippen LogP contribution < -0.4 is 26.0 Å². The van der Waals surface area contributed by atoms with Gasteiger partial charge in [0, 0.05) is 25.5 Å². The smallest absolute Gasteiger partial charge is 0.329 e. The lowest BCUT2D eigenvalue weighted by Crippen LogP contribution is -2.58. The number of ether oxygens (including phenoxy) is 3. The van der Waals surface area contributed by atoms with Crippen molar-refractivity contribution in [3.05, 3.63) is 54.1 Å². The normalized spacial score (nSPS) is 24.9. The number of benzene rings is 1. The van der Waals surface area contributed by atoms with Crippen LogP contribution in [0.3, 0.4) is 0 Å². The van der Waals surface area contributed by atoms with Crippen molar-refractivity contribution in [3.63, 3.8) is 0 Å². The van der Waals surface area contributed by atoms with Gasteiger partial charge >= 0.3 is 5.97 Å². The maximum Gasteiger partial charge on any atom is 0.329 e. The first kappa shape index (κ1) is 47.0. The van der Waals surface area contributed by atoms with E-state index in [9.17, 15) is 33.6 Å². The van der Waals surface area contributed by atoms with Crippen LogP contribution in [0.5, 0.6) is 5.75 Å². The molecule has 2 aliphatic carbocycles. The Morgan fingerprint density at radius 1 is 0.967 bits per heavy atom. The van der Waals surface area contributed by atoms with E-state index in [0.717, 1.165) is 37.7 Å². The fraction of sp³-hybridized carbons (Fsp3) is 0.630. The summed E-state index contributed by atoms with van der Waals surface area (Å²) in [6.07, 6.45) is 13.4. The van der Waals surface area contributed by atoms with Gasteiger partial charge < -0.3 is 40.4 Å². The minimum Gasteiger partial charge on any atom is -0.494 e. The van der Waals surface area contributed by atoms with Crippen LogP contribution in [0.1, 0.15) is 104 Å². The molecule has 334 valence electrons. The van der Waals surface area contributed by atoms with Gasteiger partial charge in [-0.3, -0.25) is 28.8 Å². The Labute approximate surface area is 359 Å². The minimum atomic E-state index is -1.25. The minimum absolute atomic E-state index is 0.0485. The molecule has 1 saturated heterocycles. The SMILES string of the molecule is CCCC(NC(=O)[C@@H]1C[C@@H]2CN1C(=O)[C@H](C1CCCCC1)NC(=O)Cc1cccc(c1)OCCCCO2)C(=O)C(=O)NCC(=O)N[C@H](C(=O)OC(C)(C)C)C1C=CC=CC1C. The molecular weight excluding hydrogens is 783 g/mol. The molecule has 4 N–H and O–H groups in total. The van der Waals surface area contributed by atoms with Gasteiger partial charge in [0.05, 0.1) is 31.7 Å². The van der Waals surface area contributed by atoms with Crippen LogP contribution in [-0.2, 0) is 49.5 Å². The summed E-state index contributed by atoms with van der Waals surface area (Å²) in [6.45, 7) is 9.24. The number of esters is 1. The van der Waals surface area contributed by atoms with Gasteiger partial charge in [0.2, 0.25) is 29.4 Å². The van der Waals surface area contributed by atoms with Crippen molar-refractivity contribution in [2.45, 2.75) is 141 Å². The van der Waals surface area contributed by atoms with E-state index in [0.29, 0.717) is 38.2 Å². The number of hydrogen-bond acceptors (Lipinski definition) is 10. The number of allylic oxidation sites excluding steroid dienone is 3. The molecule has 2 heterocycles. The van der Waals surface area contributed by atoms with E-state index in [2.05, 4.69) is 21.3 Å². The second-order valence-electron chi connectivity index (χ2n) is 17.7. The van der Waals surface area contributed by atoms with Crippen LogP contribution in [0.4, 0.5) is 0 Å². The summed E-state index contributed by atoms with van der Waals surface area (Å²) in [5.41, 5.74) is -0.0589. The summed E-state index contributed by atoms with van der Waals surface area (Å²) >= 11 is 0. The average molecular weight is 848 g/mol. The summed E-state index contributed by atoms with van der Waals surface area (Å²) in [6, 6.07) is 3.16. The van der Waals surface area contributed by atoms with Crippen molar-refractivity contribution in [3.8, 4) is 5.75 Å². The van der Waals surface area contributed by atoms with E-state index in [1.807, 2.05) is 49.4 Å². The van der Waals surface area contributed by atoms with Crippen LogP contribution in [0.15, 0.2) is 48.6 Å². The van der Waals surface area contributed by atoms with Gasteiger partial charge in [-0.05, 0) is 82.4 Å². The van der Waals surface area contributed by atoms with Crippen molar-refractivity contribution in [1.29, 1.82) is 0 Å². The highest BCUT2D eigenvalue weighted by molar-refractivity contribution is 6.38. The van der Waals surface area contributed by atoms with E-state index in [4.69, 9.17) is 14.2 Å². The summed E-state index contributed by atoms with van der Waals surface area (Å²) in [4.78, 5) is 97.2. The number of rotatable bonds is 12. The monoisotopic (exact) mass is 847 g/mol. The second-order valence-corrected chi connectivity index (χ2v) is 17.7. The first-order valence-corrected chi connectivity index (χ1v) is 22.1. The van der Waals surface area contributed by atoms with E-state index in [-0.39, 0.29) is 49.5 Å². The molecule has 61 heavy (non-hydrogen) atoms. The molecule has 15 heteroatoms. The van der Waals surface area contributed by atoms with Gasteiger partial charge in [0.1, 0.15) is 29.5 Å². The number of hydrogen-bond donors (Lipinski definition) is 4. The number of amides is 5. The zero-order valence-electron chi connectivity index (χ0n) is 36.4. The van der Waals surface area contributed by atoms with Gasteiger partial charge in [-0.2, -0.15) is 0 Å². The van der Waals surface area contributed by atoms with E-state index in [1.54, 1.807) is 33.8 Å². The van der Waals surface area contributed by atoms with Gasteiger partial charge in [-0.1, -0.05) is 76.0 Å². The summed E-state index contributed by atoms with van der Waals surface area (Å²) in [5.74, 6) is -4.64. The molecule has 1 saturated carbocycles. The topological polar surface area (TPSA) is 199 Å². The van der Waals surface area contributed by atoms with Gasteiger partial charge in [0.15, 0.2) is 0 Å². The van der Waals surface area contributed by atoms with Crippen molar-refractivity contribution in [2.75, 3.05) is 26.3 Å². The fourth-order valence-electron chi connectivity index (χ4n) is 8.52. The van der Waals surface area contributed by atoms with Crippen molar-refractivity contribution < 1.29 is 47.8 Å². The molecule has 2 aliphatic heterocycles. The third-order valence-electron chi connectivity index (χ3n) is 11.6. The third kappa shape index (κ3) is 13.7. The van der Waals surface area contributed by atoms with Gasteiger partial charge in [-0.25, -0.2) is 4.79 Å². The average Bonchev–Trinajstić information content (AvgIpc) is 3.66. The van der Waals surface area contributed by atoms with E-state index >= 15 is 0 Å². The van der Waals surface area contributed by atoms with Crippen molar-refractivity contribution in [1.82, 2.24) is 26.2 Å². The number of ketones is 1. The molecule has 1 aromatic rings. The number of carbonyl (C=O) groups excluding carboxylic acids is 7. The summed E-state index contributed by atoms with van der Waals surface area (Å²) in [5, 5.41) is 10.8. The Balaban J connectivity index is 1.28. The molecule has 5 rings (SSSR count). The molecule has 1 aromatic carbocycles. The van der Waals surface area contributed by atoms with Crippen LogP contribution >= 0.6 is 0 Å². The van der Waals surface area contributed by atoms with Crippen LogP contribution in [-0.4, -0.2) is 108 Å². The predicted octanol–water partition coefficient (Wildman–Crippen LogP) is 3.63. The maximum atomic E-state index is 14.6. The quantitative estimate of drug-likeness (QED) is 0.178. The lowest BCUT2D eigenvalue weighted by atomic mass is 9.83. The van der Waals surface area contributed by atoms with Crippen LogP contribution in [0.2, 0.25) is 0 Å². The summed E-state index contributed by atoms with van der Waals surface area (Å²) < 4.78 is 17.7. The first-order valence-electron chi connectivity index (χ1n) is 22.1. The molecule has 4 aliphatic rings. The molecule has 2 fully saturated rings. The highest BCUT2D eigenvalue weighted by Gasteiger charge is 2.45. The van der Waals surface area contributed by atoms with E-state index < -0.39 is 77.8 Å². The Bertz CT molecular complexity index is 1800. The third-order valence-corrected chi connectivity index (χ3v) is 11.6. The Morgan fingerprint density at radius 2 is 1.70 bits per heavy atom. The molecule has 0 spiro atoms. The highest BCUT2D eigenvalue weighted by atomic mass is 16.6. The fourth-order valence-corrected chi connectivity index (χ4v) is 8.52. The van der Waals surface area contributed by atoms with Crippen molar-refractivity contribution in [2.24, 2.45) is 17.8 Å². The number of Topliss-reactive ketones (excluding diaryl/α,β-unsaturated/α-hetero) is 1. The maximum absolute atomic E-state index is 14.6. The number of nitrogens with zero attached hydrogens (tertiary/aromatic N) is 1. The largest absolute Gasteiger partial charge is 0.494 e. The lowest BCUT2D eigenvalue weighted by molar-refractivity contribution is -0.160. The predicted molar refractivity (Wildman–Crippen MR) is 227 cm³/mol. The molecule has 3 unspecified atom stereocenters. The second kappa shape index (κ2) is 22.2. The first-order chi connectivity index (χ1) is 29.1. The number of carbonyl (C=O) groups is 7. The van der Waals surface area contributed by atoms with Gasteiger partial charge in [0.25, 0.3) is 5.91 Å². The molecule has 5 amide bonds. The van der Waals surface area contributed by atoms with Gasteiger partial charge in [-0.15, -0.1) is 0 Å². The van der Waals surface area contributed by atoms with Crippen LogP contribution in [0, 0.1) is 17.8 Å². The molecule has 0 radical (unpaired) electrons. The summed E-state index contributed by atoms with van der Waals surface area (Å²) in [7, 11) is 0. The highest BCUT2D eigenvalue weighted by Crippen LogP contribution is 2.31. The van der Waals surface area contributed by atoms with Crippen molar-refractivity contribution >= 4 is 41.3 Å². The lowest BCUT2D eigenvalue weighted by Gasteiger charge is -2.35. The Morgan fingerprint density at radius 3 is 2.43 bits per heavy atom. The molecule has 7 atom stereocenters. The number of nitrogens with one attached hydrogen (secondary N) is 4.